The number of nitrogens with two attached hydrogens (primary N) is 1. The average molecular weight is 309 g/mol. The molecule has 0 spiro atoms. The molecule has 0 aliphatic rings. The summed E-state index contributed by atoms with van der Waals surface area (Å²) in [4.78, 5) is 23.2. The van der Waals surface area contributed by atoms with Gasteiger partial charge in [0.1, 0.15) is 0 Å². The summed E-state index contributed by atoms with van der Waals surface area (Å²) in [7, 11) is 0. The molecular weight excluding hydrogens is 286 g/mol. The van der Waals surface area contributed by atoms with Crippen molar-refractivity contribution < 1.29 is 9.59 Å². The normalized spacial score (nSPS) is 10.1. The molecule has 0 aromatic heterocycles. The van der Waals surface area contributed by atoms with Gasteiger partial charge in [-0.05, 0) is 37.1 Å². The minimum atomic E-state index is -0.518. The largest absolute Gasteiger partial charge is 0.356 e. The van der Waals surface area contributed by atoms with E-state index in [1.165, 1.54) is 4.90 Å². The van der Waals surface area contributed by atoms with Crippen LogP contribution in [0.1, 0.15) is 25.7 Å². The number of nitrogens with one attached hydrogen (secondary N) is 2. The molecule has 21 heavy (non-hydrogen) atoms. The number of benzene rings is 1. The Morgan fingerprint density at radius 3 is 2.43 bits per heavy atom. The molecule has 0 atom stereocenters. The number of amides is 3. The molecule has 6 heteroatoms. The molecule has 0 saturated heterocycles. The third-order valence-electron chi connectivity index (χ3n) is 2.79. The average Bonchev–Trinajstić information content (AvgIpc) is 2.47. The van der Waals surface area contributed by atoms with E-state index < -0.39 is 6.03 Å². The zero-order valence-electron chi connectivity index (χ0n) is 12.1. The zero-order valence-corrected chi connectivity index (χ0v) is 13.0. The molecule has 0 bridgehead atoms. The third-order valence-corrected chi connectivity index (χ3v) is 3.88. The Kier molecular flexibility index (Phi) is 9.11. The molecule has 1 aromatic carbocycles. The van der Waals surface area contributed by atoms with Crippen molar-refractivity contribution in [2.45, 2.75) is 30.6 Å². The van der Waals surface area contributed by atoms with Crippen LogP contribution in [-0.2, 0) is 4.79 Å². The van der Waals surface area contributed by atoms with Gasteiger partial charge in [0.05, 0.1) is 0 Å². The summed E-state index contributed by atoms with van der Waals surface area (Å²) in [5.41, 5.74) is 4.94. The van der Waals surface area contributed by atoms with Crippen molar-refractivity contribution in [3.8, 4) is 0 Å². The van der Waals surface area contributed by atoms with Gasteiger partial charge in [0.15, 0.2) is 0 Å². The fraction of sp³-hybridized carbons (Fsp3) is 0.467. The maximum atomic E-state index is 11.5. The first-order valence-electron chi connectivity index (χ1n) is 7.16. The van der Waals surface area contributed by atoms with Crippen molar-refractivity contribution in [1.29, 1.82) is 0 Å². The highest BCUT2D eigenvalue weighted by atomic mass is 32.2. The Balaban J connectivity index is 1.92. The monoisotopic (exact) mass is 309 g/mol. The van der Waals surface area contributed by atoms with Crippen LogP contribution in [0.2, 0.25) is 0 Å². The van der Waals surface area contributed by atoms with E-state index in [-0.39, 0.29) is 5.91 Å². The fourth-order valence-corrected chi connectivity index (χ4v) is 2.59. The summed E-state index contributed by atoms with van der Waals surface area (Å²) in [6, 6.07) is 9.71. The Labute approximate surface area is 130 Å². The van der Waals surface area contributed by atoms with E-state index in [1.54, 1.807) is 11.8 Å². The number of hydrogen-bond acceptors (Lipinski definition) is 3. The van der Waals surface area contributed by atoms with Crippen LogP contribution < -0.4 is 16.4 Å². The molecule has 116 valence electrons. The quantitative estimate of drug-likeness (QED) is 0.457. The van der Waals surface area contributed by atoms with Gasteiger partial charge in [0, 0.05) is 24.4 Å². The summed E-state index contributed by atoms with van der Waals surface area (Å²) < 4.78 is 0. The Morgan fingerprint density at radius 2 is 1.71 bits per heavy atom. The molecule has 0 fully saturated rings. The van der Waals surface area contributed by atoms with E-state index in [2.05, 4.69) is 22.8 Å². The van der Waals surface area contributed by atoms with Gasteiger partial charge in [-0.1, -0.05) is 18.2 Å². The van der Waals surface area contributed by atoms with Gasteiger partial charge < -0.3 is 16.4 Å². The molecule has 5 nitrogen and oxygen atoms in total. The van der Waals surface area contributed by atoms with Crippen LogP contribution >= 0.6 is 11.8 Å². The molecule has 1 aromatic rings. The van der Waals surface area contributed by atoms with Crippen LogP contribution in [0.25, 0.3) is 0 Å². The predicted molar refractivity (Wildman–Crippen MR) is 86.2 cm³/mol. The number of carbonyl (C=O) groups is 2. The zero-order chi connectivity index (χ0) is 15.3. The van der Waals surface area contributed by atoms with Crippen LogP contribution in [0, 0.1) is 0 Å². The van der Waals surface area contributed by atoms with Gasteiger partial charge in [0.25, 0.3) is 0 Å². The predicted octanol–water partition coefficient (Wildman–Crippen LogP) is 2.12. The summed E-state index contributed by atoms with van der Waals surface area (Å²) >= 11 is 1.80. The molecule has 4 N–H and O–H groups in total. The van der Waals surface area contributed by atoms with Crippen LogP contribution in [0.3, 0.4) is 0 Å². The van der Waals surface area contributed by atoms with Gasteiger partial charge >= 0.3 is 6.03 Å². The van der Waals surface area contributed by atoms with Crippen LogP contribution in [-0.4, -0.2) is 30.8 Å². The molecule has 0 unspecified atom stereocenters. The Hall–Kier alpha value is -1.69. The van der Waals surface area contributed by atoms with E-state index in [1.807, 2.05) is 18.2 Å². The number of carbonyl (C=O) groups excluding carboxylic acids is 2. The molecular formula is C15H23N3O2S. The molecule has 3 amide bonds. The van der Waals surface area contributed by atoms with Crippen molar-refractivity contribution in [3.05, 3.63) is 30.3 Å². The minimum absolute atomic E-state index is 0.0683. The number of rotatable bonds is 10. The standard InChI is InChI=1S/C15H23N3O2S/c16-15(20)18-10-5-4-9-14(19)17-11-6-12-21-13-7-2-1-3-8-13/h1-3,7-8H,4-6,9-12H2,(H,17,19)(H3,16,18,20). The van der Waals surface area contributed by atoms with Gasteiger partial charge in [0.2, 0.25) is 5.91 Å². The van der Waals surface area contributed by atoms with Gasteiger partial charge in [-0.3, -0.25) is 4.79 Å². The second-order valence-corrected chi connectivity index (χ2v) is 5.78. The number of urea groups is 1. The smallest absolute Gasteiger partial charge is 0.312 e. The topological polar surface area (TPSA) is 84.2 Å². The highest BCUT2D eigenvalue weighted by Gasteiger charge is 2.01. The second kappa shape index (κ2) is 11.0. The second-order valence-electron chi connectivity index (χ2n) is 4.61. The van der Waals surface area contributed by atoms with Crippen molar-refractivity contribution >= 4 is 23.7 Å². The molecule has 0 aliphatic heterocycles. The van der Waals surface area contributed by atoms with Crippen molar-refractivity contribution in [2.24, 2.45) is 5.73 Å². The van der Waals surface area contributed by atoms with Gasteiger partial charge in [-0.2, -0.15) is 0 Å². The molecule has 0 saturated carbocycles. The number of thioether (sulfide) groups is 1. The first-order chi connectivity index (χ1) is 10.2. The first-order valence-corrected chi connectivity index (χ1v) is 8.15. The van der Waals surface area contributed by atoms with Crippen molar-refractivity contribution in [1.82, 2.24) is 10.6 Å². The lowest BCUT2D eigenvalue weighted by Gasteiger charge is -2.05. The third kappa shape index (κ3) is 9.79. The fourth-order valence-electron chi connectivity index (χ4n) is 1.72. The lowest BCUT2D eigenvalue weighted by molar-refractivity contribution is -0.121. The van der Waals surface area contributed by atoms with E-state index in [9.17, 15) is 9.59 Å². The van der Waals surface area contributed by atoms with Gasteiger partial charge in [-0.15, -0.1) is 11.8 Å². The van der Waals surface area contributed by atoms with E-state index in [0.29, 0.717) is 19.5 Å². The van der Waals surface area contributed by atoms with E-state index in [4.69, 9.17) is 5.73 Å². The molecule has 0 aliphatic carbocycles. The van der Waals surface area contributed by atoms with Gasteiger partial charge in [-0.25, -0.2) is 4.79 Å². The molecule has 0 heterocycles. The van der Waals surface area contributed by atoms with E-state index in [0.717, 1.165) is 25.0 Å². The lowest BCUT2D eigenvalue weighted by atomic mass is 10.2. The highest BCUT2D eigenvalue weighted by Crippen LogP contribution is 2.17. The number of primary amides is 1. The van der Waals surface area contributed by atoms with Crippen LogP contribution in [0.4, 0.5) is 4.79 Å². The lowest BCUT2D eigenvalue weighted by Crippen LogP contribution is -2.30. The van der Waals surface area contributed by atoms with Crippen molar-refractivity contribution in [3.63, 3.8) is 0 Å². The maximum Gasteiger partial charge on any atom is 0.312 e. The summed E-state index contributed by atoms with van der Waals surface area (Å²) in [5.74, 6) is 1.06. The van der Waals surface area contributed by atoms with Crippen molar-refractivity contribution in [2.75, 3.05) is 18.8 Å². The Bertz CT molecular complexity index is 426. The van der Waals surface area contributed by atoms with Crippen LogP contribution in [0.5, 0.6) is 0 Å². The first kappa shape index (κ1) is 17.4. The van der Waals surface area contributed by atoms with E-state index >= 15 is 0 Å². The number of unbranched alkanes of at least 4 members (excludes halogenated alkanes) is 1. The summed E-state index contributed by atoms with van der Waals surface area (Å²) in [6.45, 7) is 1.23. The Morgan fingerprint density at radius 1 is 1.00 bits per heavy atom. The summed E-state index contributed by atoms with van der Waals surface area (Å²) in [5, 5.41) is 5.40. The number of hydrogen-bond donors (Lipinski definition) is 3. The minimum Gasteiger partial charge on any atom is -0.356 e. The SMILES string of the molecule is NC(=O)NCCCCC(=O)NCCCSc1ccccc1. The molecule has 1 rings (SSSR count). The molecule has 0 radical (unpaired) electrons. The summed E-state index contributed by atoms with van der Waals surface area (Å²) in [6.07, 6.45) is 2.96. The maximum absolute atomic E-state index is 11.5. The highest BCUT2D eigenvalue weighted by molar-refractivity contribution is 7.99. The van der Waals surface area contributed by atoms with Crippen LogP contribution in [0.15, 0.2) is 35.2 Å².